The second-order valence-corrected chi connectivity index (χ2v) is 11.6. The first kappa shape index (κ1) is 34.9. The van der Waals surface area contributed by atoms with Crippen molar-refractivity contribution in [2.75, 3.05) is 13.1 Å². The van der Waals surface area contributed by atoms with Crippen LogP contribution in [-0.2, 0) is 0 Å². The molecule has 0 aliphatic heterocycles. The third-order valence-corrected chi connectivity index (χ3v) is 7.65. The molecule has 0 saturated carbocycles. The van der Waals surface area contributed by atoms with Crippen LogP contribution in [0.1, 0.15) is 194 Å². The van der Waals surface area contributed by atoms with Crippen molar-refractivity contribution in [1.29, 1.82) is 0 Å². The fraction of sp³-hybridized carbons (Fsp3) is 1.00. The van der Waals surface area contributed by atoms with E-state index in [-0.39, 0.29) is 6.10 Å². The second kappa shape index (κ2) is 31.9. The first-order valence-corrected chi connectivity index (χ1v) is 16.7. The zero-order chi connectivity index (χ0) is 25.5. The quantitative estimate of drug-likeness (QED) is 0.0937. The Balaban J connectivity index is 3.01. The lowest BCUT2D eigenvalue weighted by atomic mass is 10.0. The van der Waals surface area contributed by atoms with Crippen molar-refractivity contribution in [3.63, 3.8) is 0 Å². The van der Waals surface area contributed by atoms with Gasteiger partial charge in [-0.15, -0.1) is 0 Å². The molecule has 0 aromatic heterocycles. The van der Waals surface area contributed by atoms with E-state index in [9.17, 15) is 5.11 Å². The summed E-state index contributed by atoms with van der Waals surface area (Å²) in [5.74, 6) is 0. The average Bonchev–Trinajstić information content (AvgIpc) is 2.85. The van der Waals surface area contributed by atoms with Crippen molar-refractivity contribution in [2.45, 2.75) is 200 Å². The molecule has 0 heterocycles. The highest BCUT2D eigenvalue weighted by Gasteiger charge is 1.97. The van der Waals surface area contributed by atoms with Crippen molar-refractivity contribution < 1.29 is 5.11 Å². The van der Waals surface area contributed by atoms with E-state index in [0.29, 0.717) is 0 Å². The van der Waals surface area contributed by atoms with Gasteiger partial charge in [-0.3, -0.25) is 0 Å². The van der Waals surface area contributed by atoms with Crippen molar-refractivity contribution >= 4 is 0 Å². The van der Waals surface area contributed by atoms with E-state index in [1.165, 1.54) is 180 Å². The summed E-state index contributed by atoms with van der Waals surface area (Å²) in [6.07, 6.45) is 40.4. The van der Waals surface area contributed by atoms with Gasteiger partial charge in [0.1, 0.15) is 0 Å². The van der Waals surface area contributed by atoms with Crippen LogP contribution < -0.4 is 5.32 Å². The zero-order valence-electron chi connectivity index (χ0n) is 24.7. The highest BCUT2D eigenvalue weighted by molar-refractivity contribution is 4.54. The third-order valence-electron chi connectivity index (χ3n) is 7.65. The molecule has 2 heteroatoms. The van der Waals surface area contributed by atoms with Crippen molar-refractivity contribution in [3.8, 4) is 0 Å². The minimum atomic E-state index is -0.214. The maximum absolute atomic E-state index is 9.19. The third kappa shape index (κ3) is 33.9. The fourth-order valence-corrected chi connectivity index (χ4v) is 5.23. The maximum atomic E-state index is 9.19. The smallest absolute Gasteiger partial charge is 0.0636 e. The predicted molar refractivity (Wildman–Crippen MR) is 160 cm³/mol. The van der Waals surface area contributed by atoms with E-state index in [4.69, 9.17) is 0 Å². The van der Waals surface area contributed by atoms with Gasteiger partial charge in [-0.2, -0.15) is 0 Å². The molecule has 0 aliphatic carbocycles. The van der Waals surface area contributed by atoms with Crippen LogP contribution in [0, 0.1) is 0 Å². The summed E-state index contributed by atoms with van der Waals surface area (Å²) in [6.45, 7) is 5.94. The summed E-state index contributed by atoms with van der Waals surface area (Å²) in [7, 11) is 0. The first-order valence-electron chi connectivity index (χ1n) is 16.7. The molecular weight excluding hydrogens is 426 g/mol. The minimum absolute atomic E-state index is 0.214. The van der Waals surface area contributed by atoms with Crippen molar-refractivity contribution in [3.05, 3.63) is 0 Å². The normalized spacial score (nSPS) is 12.4. The minimum Gasteiger partial charge on any atom is -0.392 e. The van der Waals surface area contributed by atoms with Gasteiger partial charge in [0.05, 0.1) is 6.10 Å². The molecule has 2 N–H and O–H groups in total. The van der Waals surface area contributed by atoms with E-state index in [2.05, 4.69) is 12.2 Å². The Morgan fingerprint density at radius 2 is 0.629 bits per heavy atom. The molecule has 2 nitrogen and oxygen atoms in total. The molecule has 0 fully saturated rings. The summed E-state index contributed by atoms with van der Waals surface area (Å²) in [4.78, 5) is 0. The van der Waals surface area contributed by atoms with E-state index in [1.54, 1.807) is 0 Å². The SMILES string of the molecule is CCCCCCCCCCCCCCCCCCCCCCCCCCCCCCNCC(C)O. The second-order valence-electron chi connectivity index (χ2n) is 11.6. The summed E-state index contributed by atoms with van der Waals surface area (Å²) in [5.41, 5.74) is 0. The summed E-state index contributed by atoms with van der Waals surface area (Å²) in [5, 5.41) is 12.5. The van der Waals surface area contributed by atoms with E-state index >= 15 is 0 Å². The fourth-order valence-electron chi connectivity index (χ4n) is 5.23. The molecule has 0 aliphatic rings. The van der Waals surface area contributed by atoms with Gasteiger partial charge < -0.3 is 10.4 Å². The van der Waals surface area contributed by atoms with E-state index in [0.717, 1.165) is 13.1 Å². The van der Waals surface area contributed by atoms with Crippen LogP contribution in [0.15, 0.2) is 0 Å². The number of aliphatic hydroxyl groups excluding tert-OH is 1. The van der Waals surface area contributed by atoms with Gasteiger partial charge in [0, 0.05) is 6.54 Å². The number of hydrogen-bond acceptors (Lipinski definition) is 2. The number of aliphatic hydroxyl groups is 1. The number of nitrogens with one attached hydrogen (secondary N) is 1. The maximum Gasteiger partial charge on any atom is 0.0636 e. The Hall–Kier alpha value is -0.0800. The molecule has 1 unspecified atom stereocenters. The van der Waals surface area contributed by atoms with Crippen LogP contribution in [0.25, 0.3) is 0 Å². The zero-order valence-corrected chi connectivity index (χ0v) is 24.7. The molecule has 0 saturated heterocycles. The molecule has 0 aromatic carbocycles. The lowest BCUT2D eigenvalue weighted by molar-refractivity contribution is 0.191. The van der Waals surface area contributed by atoms with Crippen LogP contribution in [0.2, 0.25) is 0 Å². The van der Waals surface area contributed by atoms with Crippen LogP contribution >= 0.6 is 0 Å². The van der Waals surface area contributed by atoms with Crippen LogP contribution in [-0.4, -0.2) is 24.3 Å². The Kier molecular flexibility index (Phi) is 31.9. The molecule has 0 radical (unpaired) electrons. The van der Waals surface area contributed by atoms with Gasteiger partial charge in [-0.1, -0.05) is 180 Å². The molecule has 0 aromatic rings. The van der Waals surface area contributed by atoms with Gasteiger partial charge in [0.25, 0.3) is 0 Å². The van der Waals surface area contributed by atoms with Gasteiger partial charge in [-0.25, -0.2) is 0 Å². The average molecular weight is 496 g/mol. The molecule has 0 bridgehead atoms. The summed E-state index contributed by atoms with van der Waals surface area (Å²) >= 11 is 0. The lowest BCUT2D eigenvalue weighted by Gasteiger charge is -2.06. The van der Waals surface area contributed by atoms with Crippen LogP contribution in [0.4, 0.5) is 0 Å². The van der Waals surface area contributed by atoms with Crippen molar-refractivity contribution in [2.24, 2.45) is 0 Å². The van der Waals surface area contributed by atoms with E-state index < -0.39 is 0 Å². The Bertz CT molecular complexity index is 357. The lowest BCUT2D eigenvalue weighted by Crippen LogP contribution is -2.25. The monoisotopic (exact) mass is 496 g/mol. The predicted octanol–water partition coefficient (Wildman–Crippen LogP) is 10.9. The van der Waals surface area contributed by atoms with Gasteiger partial charge in [-0.05, 0) is 19.9 Å². The summed E-state index contributed by atoms with van der Waals surface area (Å²) < 4.78 is 0. The number of rotatable bonds is 31. The Morgan fingerprint density at radius 1 is 0.400 bits per heavy atom. The van der Waals surface area contributed by atoms with Crippen LogP contribution in [0.3, 0.4) is 0 Å². The molecular formula is C33H69NO. The molecule has 0 spiro atoms. The van der Waals surface area contributed by atoms with Gasteiger partial charge in [0.2, 0.25) is 0 Å². The topological polar surface area (TPSA) is 32.3 Å². The Labute approximate surface area is 223 Å². The van der Waals surface area contributed by atoms with Gasteiger partial charge in [0.15, 0.2) is 0 Å². The van der Waals surface area contributed by atoms with Gasteiger partial charge >= 0.3 is 0 Å². The molecule has 212 valence electrons. The van der Waals surface area contributed by atoms with Crippen LogP contribution in [0.5, 0.6) is 0 Å². The molecule has 0 amide bonds. The summed E-state index contributed by atoms with van der Waals surface area (Å²) in [6, 6.07) is 0. The molecule has 1 atom stereocenters. The molecule has 35 heavy (non-hydrogen) atoms. The molecule has 0 rings (SSSR count). The number of unbranched alkanes of at least 4 members (excludes halogenated alkanes) is 27. The van der Waals surface area contributed by atoms with Crippen molar-refractivity contribution in [1.82, 2.24) is 5.32 Å². The Morgan fingerprint density at radius 3 is 0.857 bits per heavy atom. The highest BCUT2D eigenvalue weighted by Crippen LogP contribution is 2.16. The standard InChI is InChI=1S/C33H69NO/c1-3-4-5-6-7-8-9-10-11-12-13-14-15-16-17-18-19-20-21-22-23-24-25-26-27-28-29-30-31-34-32-33(2)35/h33-35H,3-32H2,1-2H3. The largest absolute Gasteiger partial charge is 0.392 e. The highest BCUT2D eigenvalue weighted by atomic mass is 16.3. The number of hydrogen-bond donors (Lipinski definition) is 2. The van der Waals surface area contributed by atoms with E-state index in [1.807, 2.05) is 6.92 Å². The first-order chi connectivity index (χ1) is 17.3.